The van der Waals surface area contributed by atoms with Gasteiger partial charge in [0.05, 0.1) is 67.4 Å². The van der Waals surface area contributed by atoms with Gasteiger partial charge in [-0.15, -0.1) is 20.4 Å². The van der Waals surface area contributed by atoms with E-state index in [0.29, 0.717) is 48.3 Å². The Hall–Kier alpha value is -7.93. The second kappa shape index (κ2) is 22.8. The molecular formula is C57H48Br2Cl2N14O5S2. The van der Waals surface area contributed by atoms with Crippen LogP contribution in [-0.4, -0.2) is 88.0 Å². The first-order valence-corrected chi connectivity index (χ1v) is 28.7. The minimum Gasteiger partial charge on any atom is -0.443 e. The van der Waals surface area contributed by atoms with Crippen LogP contribution in [0.5, 0.6) is 0 Å². The number of ether oxygens (including phenoxy) is 2. The van der Waals surface area contributed by atoms with E-state index in [1.165, 1.54) is 45.4 Å². The van der Waals surface area contributed by atoms with E-state index < -0.39 is 23.4 Å². The molecule has 0 bridgehead atoms. The molecule has 0 radical (unpaired) electrons. The number of anilines is 4. The van der Waals surface area contributed by atoms with Gasteiger partial charge in [0.1, 0.15) is 22.5 Å². The van der Waals surface area contributed by atoms with Crippen molar-refractivity contribution in [3.8, 4) is 43.7 Å². The first-order valence-electron chi connectivity index (χ1n) is 24.7. The third kappa shape index (κ3) is 11.7. The van der Waals surface area contributed by atoms with E-state index in [9.17, 15) is 14.4 Å². The maximum absolute atomic E-state index is 13.7. The average Bonchev–Trinajstić information content (AvgIpc) is 4.48. The average molecular weight is 1300 g/mol. The second-order valence-electron chi connectivity index (χ2n) is 20.1. The summed E-state index contributed by atoms with van der Waals surface area (Å²) in [5, 5.41) is 32.9. The molecule has 0 atom stereocenters. The number of halogens is 4. The highest BCUT2D eigenvalue weighted by Gasteiger charge is 2.32. The van der Waals surface area contributed by atoms with E-state index >= 15 is 0 Å². The highest BCUT2D eigenvalue weighted by molar-refractivity contribution is 9.10. The van der Waals surface area contributed by atoms with Gasteiger partial charge in [-0.1, -0.05) is 109 Å². The maximum Gasteiger partial charge on any atom is 0.435 e. The monoisotopic (exact) mass is 1300 g/mol. The number of fused-ring (bicyclic) bond motifs is 4. The van der Waals surface area contributed by atoms with Crippen molar-refractivity contribution in [3.05, 3.63) is 153 Å². The van der Waals surface area contributed by atoms with E-state index in [1.807, 2.05) is 106 Å². The Morgan fingerprint density at radius 1 is 0.622 bits per heavy atom. The molecule has 12 rings (SSSR count). The van der Waals surface area contributed by atoms with Gasteiger partial charge in [0, 0.05) is 62.6 Å². The molecule has 0 saturated carbocycles. The van der Waals surface area contributed by atoms with Crippen LogP contribution >= 0.6 is 77.7 Å². The Kier molecular flexibility index (Phi) is 15.9. The summed E-state index contributed by atoms with van der Waals surface area (Å²) < 4.78 is 19.6. The minimum absolute atomic E-state index is 0. The van der Waals surface area contributed by atoms with Gasteiger partial charge in [0.15, 0.2) is 10.0 Å². The molecule has 1 N–H and O–H groups in total. The zero-order valence-electron chi connectivity index (χ0n) is 43.9. The fourth-order valence-corrected chi connectivity index (χ4v) is 11.2. The van der Waals surface area contributed by atoms with Gasteiger partial charge in [-0.25, -0.2) is 29.1 Å². The third-order valence-corrected chi connectivity index (χ3v) is 15.7. The summed E-state index contributed by atoms with van der Waals surface area (Å²) in [4.78, 5) is 49.3. The van der Waals surface area contributed by atoms with Crippen molar-refractivity contribution in [2.24, 2.45) is 0 Å². The summed E-state index contributed by atoms with van der Waals surface area (Å²) in [6.07, 6.45) is 9.50. The molecular weight excluding hydrogens is 1260 g/mol. The van der Waals surface area contributed by atoms with Crippen molar-refractivity contribution in [1.29, 1.82) is 0 Å². The number of amides is 1. The molecule has 0 aliphatic carbocycles. The van der Waals surface area contributed by atoms with Crippen LogP contribution in [0.25, 0.3) is 76.8 Å². The second-order valence-corrected chi connectivity index (χ2v) is 24.6. The van der Waals surface area contributed by atoms with E-state index in [2.05, 4.69) is 67.8 Å². The van der Waals surface area contributed by atoms with E-state index in [1.54, 1.807) is 72.0 Å². The molecule has 0 unspecified atom stereocenters. The molecule has 0 spiro atoms. The molecule has 0 aliphatic rings. The van der Waals surface area contributed by atoms with Gasteiger partial charge in [0.2, 0.25) is 16.2 Å². The number of imidazole rings is 2. The summed E-state index contributed by atoms with van der Waals surface area (Å²) in [5.41, 5.74) is 7.23. The van der Waals surface area contributed by atoms with E-state index in [4.69, 9.17) is 42.6 Å². The van der Waals surface area contributed by atoms with Crippen molar-refractivity contribution in [1.82, 2.24) is 58.7 Å². The predicted molar refractivity (Wildman–Crippen MR) is 330 cm³/mol. The lowest BCUT2D eigenvalue weighted by Gasteiger charge is -2.26. The number of pyridine rings is 2. The Morgan fingerprint density at radius 3 is 1.70 bits per heavy atom. The topological polar surface area (TPSA) is 207 Å². The molecule has 0 saturated heterocycles. The Morgan fingerprint density at radius 2 is 1.13 bits per heavy atom. The number of aromatic nitrogens is 12. The van der Waals surface area contributed by atoms with Crippen molar-refractivity contribution < 1.29 is 23.9 Å². The number of hydrogen-bond donors (Lipinski definition) is 1. The fraction of sp³-hybridized carbons (Fsp3) is 0.175. The molecule has 1 amide bonds. The van der Waals surface area contributed by atoms with Crippen molar-refractivity contribution in [3.63, 3.8) is 0 Å². The van der Waals surface area contributed by atoms with Crippen LogP contribution in [0.1, 0.15) is 60.7 Å². The summed E-state index contributed by atoms with van der Waals surface area (Å²) in [6.45, 7) is 12.1. The molecule has 19 nitrogen and oxygen atoms in total. The van der Waals surface area contributed by atoms with Gasteiger partial charge >= 0.3 is 12.2 Å². The van der Waals surface area contributed by atoms with Gasteiger partial charge in [-0.05, 0) is 114 Å². The van der Waals surface area contributed by atoms with Gasteiger partial charge < -0.3 is 23.6 Å². The molecule has 82 heavy (non-hydrogen) atoms. The quantitative estimate of drug-likeness (QED) is 0.150. The van der Waals surface area contributed by atoms with Gasteiger partial charge in [-0.2, -0.15) is 14.9 Å². The van der Waals surface area contributed by atoms with Crippen LogP contribution in [-0.2, 0) is 9.47 Å². The Bertz CT molecular complexity index is 4410. The lowest BCUT2D eigenvalue weighted by Crippen LogP contribution is -2.34. The van der Waals surface area contributed by atoms with Crippen molar-refractivity contribution in [2.45, 2.75) is 67.1 Å². The number of nitrogens with one attached hydrogen (secondary N) is 1. The summed E-state index contributed by atoms with van der Waals surface area (Å²) in [7, 11) is 0. The number of hydrogen-bond acceptors (Lipinski definition) is 16. The Labute approximate surface area is 503 Å². The smallest absolute Gasteiger partial charge is 0.435 e. The Balaban J connectivity index is 0.000000188. The first-order chi connectivity index (χ1) is 38.7. The van der Waals surface area contributed by atoms with E-state index in [0.717, 1.165) is 57.9 Å². The molecule has 4 aromatic carbocycles. The van der Waals surface area contributed by atoms with Gasteiger partial charge in [0.25, 0.3) is 0 Å². The number of carbonyl (C=O) groups excluding carboxylic acids is 3. The van der Waals surface area contributed by atoms with Crippen LogP contribution < -0.4 is 10.2 Å². The zero-order chi connectivity index (χ0) is 57.1. The zero-order valence-corrected chi connectivity index (χ0v) is 50.2. The molecule has 8 heterocycles. The van der Waals surface area contributed by atoms with Gasteiger partial charge in [-0.3, -0.25) is 4.79 Å². The lowest BCUT2D eigenvalue weighted by atomic mass is 10.2. The third-order valence-electron chi connectivity index (χ3n) is 12.0. The summed E-state index contributed by atoms with van der Waals surface area (Å²) in [5.74, 6) is -0.179. The molecule has 0 fully saturated rings. The highest BCUT2D eigenvalue weighted by Crippen LogP contribution is 2.42. The van der Waals surface area contributed by atoms with Crippen molar-refractivity contribution in [2.75, 3.05) is 10.2 Å². The maximum atomic E-state index is 13.7. The van der Waals surface area contributed by atoms with Crippen molar-refractivity contribution >= 4 is 151 Å². The number of rotatable bonds is 8. The molecule has 12 aromatic rings. The predicted octanol–water partition coefficient (Wildman–Crippen LogP) is 16.5. The molecule has 8 aromatic heterocycles. The lowest BCUT2D eigenvalue weighted by molar-refractivity contribution is 0.0520. The molecule has 25 heteroatoms. The molecule has 416 valence electrons. The van der Waals surface area contributed by atoms with Crippen LogP contribution in [0.4, 0.5) is 31.2 Å². The fourth-order valence-electron chi connectivity index (χ4n) is 8.47. The van der Waals surface area contributed by atoms with Crippen LogP contribution in [0.2, 0.25) is 10.0 Å². The number of benzene rings is 4. The SMILES string of the molecule is C.CC(=O)n1ncc2c(Cl)c(Nc3nnc(-c4cccn5cc(-c6ccc(Br)cc6)nc45)s3)ccc21.CC(C)(C)OC(=O)N(c1nnc(-c2cccn3cc(-c4ccc(Br)cc4)nc23)s1)c1ccc2c(cnn2C(=O)OC(C)(C)C)c1Cl. The van der Waals surface area contributed by atoms with Crippen LogP contribution in [0.3, 0.4) is 0 Å². The highest BCUT2D eigenvalue weighted by atomic mass is 79.9. The van der Waals surface area contributed by atoms with E-state index in [-0.39, 0.29) is 29.2 Å². The number of nitrogens with zero attached hydrogens (tertiary/aromatic N) is 13. The standard InChI is InChI=1S/C32H29BrClN7O4S.C24H15BrClN7OS.CH4/c1-31(2,3)44-29(42)40(24-14-13-23-21(25(24)34)16-35-41(23)30(43)45-32(4,5)6)28-38-37-27(46-28)20-8-7-15-39-17-22(36-26(20)39)18-9-11-19(33)12-10-18;1-13(34)33-20-9-8-18(21(26)17(20)11-27-33)29-24-31-30-23(35-24)16-3-2-10-32-12-19(28-22(16)32)14-4-6-15(25)7-5-14;/h7-17H,1-6H3;2-12H,1H3,(H,29,31);1H4. The summed E-state index contributed by atoms with van der Waals surface area (Å²) >= 11 is 23.0. The van der Waals surface area contributed by atoms with Crippen LogP contribution in [0, 0.1) is 0 Å². The number of carbonyl (C=O) groups is 3. The van der Waals surface area contributed by atoms with Crippen LogP contribution in [0.15, 0.2) is 143 Å². The normalized spacial score (nSPS) is 11.6. The summed E-state index contributed by atoms with van der Waals surface area (Å²) in [6, 6.07) is 30.5. The minimum atomic E-state index is -0.814. The largest absolute Gasteiger partial charge is 0.443 e. The molecule has 0 aliphatic heterocycles. The first kappa shape index (κ1) is 57.3.